The van der Waals surface area contributed by atoms with Gasteiger partial charge in [-0.05, 0) is 69.5 Å². The maximum atomic E-state index is 13.2. The summed E-state index contributed by atoms with van der Waals surface area (Å²) in [5, 5.41) is 3.27. The van der Waals surface area contributed by atoms with Gasteiger partial charge in [-0.1, -0.05) is 29.8 Å². The predicted octanol–water partition coefficient (Wildman–Crippen LogP) is 6.57. The monoisotopic (exact) mass is 437 g/mol. The van der Waals surface area contributed by atoms with E-state index >= 15 is 0 Å². The molecule has 0 fully saturated rings. The number of nitrogens with one attached hydrogen (secondary N) is 1. The van der Waals surface area contributed by atoms with Gasteiger partial charge >= 0.3 is 0 Å². The minimum atomic E-state index is -0.442. The van der Waals surface area contributed by atoms with Crippen molar-refractivity contribution < 1.29 is 13.5 Å². The second-order valence-electron chi connectivity index (χ2n) is 5.66. The minimum absolute atomic E-state index is 0.0840. The second kappa shape index (κ2) is 8.52. The smallest absolute Gasteiger partial charge is 0.141 e. The van der Waals surface area contributed by atoms with Crippen molar-refractivity contribution in [3.05, 3.63) is 92.9 Å². The minimum Gasteiger partial charge on any atom is -0.488 e. The Hall–Kier alpha value is -2.11. The van der Waals surface area contributed by atoms with Crippen LogP contribution in [0.1, 0.15) is 11.1 Å². The van der Waals surface area contributed by atoms with E-state index < -0.39 is 5.82 Å². The molecule has 0 aliphatic heterocycles. The highest BCUT2D eigenvalue weighted by atomic mass is 79.9. The van der Waals surface area contributed by atoms with Crippen LogP contribution in [0, 0.1) is 11.6 Å². The van der Waals surface area contributed by atoms with Crippen molar-refractivity contribution in [2.24, 2.45) is 0 Å². The molecule has 3 aromatic carbocycles. The molecule has 0 radical (unpaired) electrons. The number of hydrogen-bond acceptors (Lipinski definition) is 2. The molecular formula is C20H15BrClF2NO. The van der Waals surface area contributed by atoms with E-state index in [-0.39, 0.29) is 10.8 Å². The highest BCUT2D eigenvalue weighted by molar-refractivity contribution is 9.10. The van der Waals surface area contributed by atoms with E-state index in [2.05, 4.69) is 21.2 Å². The molecule has 0 aliphatic carbocycles. The molecule has 0 bridgehead atoms. The fourth-order valence-electron chi connectivity index (χ4n) is 2.32. The van der Waals surface area contributed by atoms with E-state index in [1.807, 2.05) is 18.2 Å². The van der Waals surface area contributed by atoms with E-state index in [9.17, 15) is 8.78 Å². The van der Waals surface area contributed by atoms with Gasteiger partial charge in [-0.3, -0.25) is 0 Å². The van der Waals surface area contributed by atoms with Gasteiger partial charge in [0.05, 0.1) is 9.50 Å². The summed E-state index contributed by atoms with van der Waals surface area (Å²) < 4.78 is 32.7. The first-order chi connectivity index (χ1) is 12.5. The zero-order chi connectivity index (χ0) is 18.5. The molecule has 0 aliphatic rings. The molecule has 0 heterocycles. The Balaban J connectivity index is 1.59. The zero-order valence-corrected chi connectivity index (χ0v) is 15.9. The zero-order valence-electron chi connectivity index (χ0n) is 13.6. The van der Waals surface area contributed by atoms with E-state index in [4.69, 9.17) is 16.3 Å². The summed E-state index contributed by atoms with van der Waals surface area (Å²) in [6, 6.07) is 16.4. The number of halogens is 4. The molecule has 3 rings (SSSR count). The van der Waals surface area contributed by atoms with Crippen LogP contribution in [-0.2, 0) is 13.2 Å². The van der Waals surface area contributed by atoms with Gasteiger partial charge in [0, 0.05) is 12.2 Å². The van der Waals surface area contributed by atoms with Gasteiger partial charge in [-0.2, -0.15) is 0 Å². The summed E-state index contributed by atoms with van der Waals surface area (Å²) in [7, 11) is 0. The summed E-state index contributed by atoms with van der Waals surface area (Å²) in [5.74, 6) is -0.0141. The molecule has 2 nitrogen and oxygen atoms in total. The molecule has 134 valence electrons. The van der Waals surface area contributed by atoms with E-state index in [0.717, 1.165) is 21.3 Å². The topological polar surface area (TPSA) is 21.3 Å². The Morgan fingerprint density at radius 3 is 2.35 bits per heavy atom. The first kappa shape index (κ1) is 18.7. The largest absolute Gasteiger partial charge is 0.488 e. The Kier molecular flexibility index (Phi) is 6.12. The van der Waals surface area contributed by atoms with Crippen LogP contribution in [0.25, 0.3) is 0 Å². The van der Waals surface area contributed by atoms with Gasteiger partial charge in [-0.15, -0.1) is 0 Å². The standard InChI is InChI=1S/C20H15BrClF2NO/c21-17-9-14(11-25-16-6-7-19(24)18(22)10-16)3-8-20(17)26-12-13-1-4-15(23)5-2-13/h1-10,25H,11-12H2. The lowest BCUT2D eigenvalue weighted by atomic mass is 10.2. The van der Waals surface area contributed by atoms with Crippen molar-refractivity contribution in [1.82, 2.24) is 0 Å². The SMILES string of the molecule is Fc1ccc(COc2ccc(CNc3ccc(F)c(Cl)c3)cc2Br)cc1. The van der Waals surface area contributed by atoms with Gasteiger partial charge in [-0.25, -0.2) is 8.78 Å². The third-order valence-corrected chi connectivity index (χ3v) is 4.63. The Labute approximate surface area is 163 Å². The Morgan fingerprint density at radius 2 is 1.65 bits per heavy atom. The lowest BCUT2D eigenvalue weighted by Crippen LogP contribution is -2.01. The lowest BCUT2D eigenvalue weighted by molar-refractivity contribution is 0.304. The number of hydrogen-bond donors (Lipinski definition) is 1. The highest BCUT2D eigenvalue weighted by Crippen LogP contribution is 2.27. The van der Waals surface area contributed by atoms with Crippen LogP contribution in [0.2, 0.25) is 5.02 Å². The van der Waals surface area contributed by atoms with Crippen molar-refractivity contribution in [2.75, 3.05) is 5.32 Å². The molecule has 0 unspecified atom stereocenters. The fraction of sp³-hybridized carbons (Fsp3) is 0.100. The van der Waals surface area contributed by atoms with E-state index in [1.165, 1.54) is 18.2 Å². The van der Waals surface area contributed by atoms with Crippen LogP contribution < -0.4 is 10.1 Å². The van der Waals surface area contributed by atoms with Crippen molar-refractivity contribution in [3.8, 4) is 5.75 Å². The van der Waals surface area contributed by atoms with Crippen molar-refractivity contribution >= 4 is 33.2 Å². The number of anilines is 1. The molecule has 1 N–H and O–H groups in total. The maximum Gasteiger partial charge on any atom is 0.141 e. The van der Waals surface area contributed by atoms with Crippen LogP contribution in [0.15, 0.2) is 65.1 Å². The predicted molar refractivity (Wildman–Crippen MR) is 104 cm³/mol. The van der Waals surface area contributed by atoms with Crippen molar-refractivity contribution in [1.29, 1.82) is 0 Å². The van der Waals surface area contributed by atoms with Crippen LogP contribution in [0.5, 0.6) is 5.75 Å². The third kappa shape index (κ3) is 4.96. The van der Waals surface area contributed by atoms with Gasteiger partial charge in [0.25, 0.3) is 0 Å². The average molecular weight is 439 g/mol. The molecule has 26 heavy (non-hydrogen) atoms. The molecule has 6 heteroatoms. The summed E-state index contributed by atoms with van der Waals surface area (Å²) in [6.07, 6.45) is 0. The van der Waals surface area contributed by atoms with Gasteiger partial charge in [0.1, 0.15) is 24.0 Å². The van der Waals surface area contributed by atoms with Crippen molar-refractivity contribution in [2.45, 2.75) is 13.2 Å². The molecule has 0 spiro atoms. The van der Waals surface area contributed by atoms with E-state index in [1.54, 1.807) is 24.3 Å². The number of benzene rings is 3. The van der Waals surface area contributed by atoms with Crippen LogP contribution in [-0.4, -0.2) is 0 Å². The number of rotatable bonds is 6. The second-order valence-corrected chi connectivity index (χ2v) is 6.92. The maximum absolute atomic E-state index is 13.2. The Bertz CT molecular complexity index is 903. The number of ether oxygens (including phenoxy) is 1. The normalized spacial score (nSPS) is 10.6. The summed E-state index contributed by atoms with van der Waals surface area (Å²) in [6.45, 7) is 0.906. The summed E-state index contributed by atoms with van der Waals surface area (Å²) in [4.78, 5) is 0. The molecule has 0 aromatic heterocycles. The average Bonchev–Trinajstić information content (AvgIpc) is 2.63. The first-order valence-electron chi connectivity index (χ1n) is 7.86. The molecule has 0 saturated carbocycles. The molecule has 0 atom stereocenters. The molecule has 0 amide bonds. The third-order valence-electron chi connectivity index (χ3n) is 3.72. The van der Waals surface area contributed by atoms with Crippen LogP contribution >= 0.6 is 27.5 Å². The molecular weight excluding hydrogens is 424 g/mol. The summed E-state index contributed by atoms with van der Waals surface area (Å²) in [5.41, 5.74) is 2.65. The van der Waals surface area contributed by atoms with Crippen LogP contribution in [0.3, 0.4) is 0 Å². The fourth-order valence-corrected chi connectivity index (χ4v) is 3.04. The Morgan fingerprint density at radius 1 is 0.923 bits per heavy atom. The quantitative estimate of drug-likeness (QED) is 0.470. The van der Waals surface area contributed by atoms with Gasteiger partial charge in [0.15, 0.2) is 0 Å². The molecule has 0 saturated heterocycles. The van der Waals surface area contributed by atoms with Gasteiger partial charge < -0.3 is 10.1 Å². The van der Waals surface area contributed by atoms with Crippen molar-refractivity contribution in [3.63, 3.8) is 0 Å². The summed E-state index contributed by atoms with van der Waals surface area (Å²) >= 11 is 9.27. The lowest BCUT2D eigenvalue weighted by Gasteiger charge is -2.11. The first-order valence-corrected chi connectivity index (χ1v) is 9.03. The van der Waals surface area contributed by atoms with E-state index in [0.29, 0.717) is 18.9 Å². The van der Waals surface area contributed by atoms with Crippen LogP contribution in [0.4, 0.5) is 14.5 Å². The van der Waals surface area contributed by atoms with Gasteiger partial charge in [0.2, 0.25) is 0 Å². The molecule has 3 aromatic rings. The highest BCUT2D eigenvalue weighted by Gasteiger charge is 2.05.